The minimum atomic E-state index is -0.516. The third-order valence-corrected chi connectivity index (χ3v) is 1.37. The summed E-state index contributed by atoms with van der Waals surface area (Å²) in [6.45, 7) is 1.37. The highest BCUT2D eigenvalue weighted by molar-refractivity contribution is 6.47. The molecule has 0 unspecified atom stereocenters. The minimum Gasteiger partial charge on any atom is -0.295 e. The zero-order valence-electron chi connectivity index (χ0n) is 6.00. The van der Waals surface area contributed by atoms with Gasteiger partial charge < -0.3 is 0 Å². The molecule has 1 rings (SSSR count). The maximum atomic E-state index is 10.7. The SMILES string of the molecule is CC(=O)C1=CC(=O)C(=[OH+])C=C1. The second-order valence-electron chi connectivity index (χ2n) is 2.24. The fourth-order valence-corrected chi connectivity index (χ4v) is 0.733. The average molecular weight is 151 g/mol. The molecule has 0 aromatic rings. The highest BCUT2D eigenvalue weighted by Crippen LogP contribution is 2.04. The Bertz CT molecular complexity index is 294. The Morgan fingerprint density at radius 1 is 1.45 bits per heavy atom. The summed E-state index contributed by atoms with van der Waals surface area (Å²) in [6, 6.07) is 0. The third-order valence-electron chi connectivity index (χ3n) is 1.37. The number of rotatable bonds is 1. The maximum absolute atomic E-state index is 10.7. The number of hydrogen-bond donors (Lipinski definition) is 0. The van der Waals surface area contributed by atoms with Crippen LogP contribution in [0.4, 0.5) is 0 Å². The molecule has 0 aromatic heterocycles. The van der Waals surface area contributed by atoms with E-state index in [1.807, 2.05) is 0 Å². The van der Waals surface area contributed by atoms with Gasteiger partial charge in [-0.3, -0.25) is 14.4 Å². The molecule has 0 spiro atoms. The van der Waals surface area contributed by atoms with Gasteiger partial charge in [-0.1, -0.05) is 0 Å². The van der Waals surface area contributed by atoms with E-state index in [2.05, 4.69) is 0 Å². The number of carbonyl (C=O) groups is 2. The van der Waals surface area contributed by atoms with Crippen LogP contribution < -0.4 is 0 Å². The number of carbonyl (C=O) groups excluding carboxylic acids is 3. The van der Waals surface area contributed by atoms with Crippen LogP contribution in [0.5, 0.6) is 0 Å². The van der Waals surface area contributed by atoms with Crippen molar-refractivity contribution < 1.29 is 14.4 Å². The smallest absolute Gasteiger partial charge is 0.295 e. The van der Waals surface area contributed by atoms with Gasteiger partial charge in [-0.2, -0.15) is 0 Å². The molecule has 0 amide bonds. The largest absolute Gasteiger partial charge is 0.386 e. The molecule has 0 fully saturated rings. The Morgan fingerprint density at radius 3 is 2.55 bits per heavy atom. The van der Waals surface area contributed by atoms with E-state index in [4.69, 9.17) is 4.79 Å². The van der Waals surface area contributed by atoms with Gasteiger partial charge in [-0.25, -0.2) is 0 Å². The summed E-state index contributed by atoms with van der Waals surface area (Å²) >= 11 is 0. The van der Waals surface area contributed by atoms with E-state index in [0.29, 0.717) is 5.57 Å². The summed E-state index contributed by atoms with van der Waals surface area (Å²) in [5.41, 5.74) is 0.327. The third kappa shape index (κ3) is 1.49. The van der Waals surface area contributed by atoms with Crippen molar-refractivity contribution in [1.29, 1.82) is 0 Å². The molecule has 11 heavy (non-hydrogen) atoms. The van der Waals surface area contributed by atoms with Gasteiger partial charge in [0.05, 0.1) is 0 Å². The lowest BCUT2D eigenvalue weighted by Crippen LogP contribution is -2.14. The first-order valence-corrected chi connectivity index (χ1v) is 3.12. The van der Waals surface area contributed by atoms with Crippen LogP contribution in [0.1, 0.15) is 6.92 Å². The van der Waals surface area contributed by atoms with Crippen molar-refractivity contribution in [3.63, 3.8) is 0 Å². The normalized spacial score (nSPS) is 16.6. The zero-order valence-corrected chi connectivity index (χ0v) is 6.00. The van der Waals surface area contributed by atoms with Gasteiger partial charge in [0.1, 0.15) is 0 Å². The minimum absolute atomic E-state index is 0.179. The first-order chi connectivity index (χ1) is 5.11. The number of ketones is 3. The molecule has 1 aliphatic rings. The summed E-state index contributed by atoms with van der Waals surface area (Å²) < 4.78 is 0. The lowest BCUT2D eigenvalue weighted by molar-refractivity contribution is -0.114. The summed E-state index contributed by atoms with van der Waals surface area (Å²) in [5.74, 6) is -1.02. The van der Waals surface area contributed by atoms with E-state index in [-0.39, 0.29) is 11.6 Å². The molecule has 1 N–H and O–H groups in total. The second-order valence-corrected chi connectivity index (χ2v) is 2.24. The Morgan fingerprint density at radius 2 is 2.09 bits per heavy atom. The number of allylic oxidation sites excluding steroid dienone is 4. The molecular weight excluding hydrogens is 144 g/mol. The highest BCUT2D eigenvalue weighted by atomic mass is 16.2. The van der Waals surface area contributed by atoms with E-state index in [9.17, 15) is 9.59 Å². The molecule has 0 saturated carbocycles. The van der Waals surface area contributed by atoms with Gasteiger partial charge in [0, 0.05) is 17.7 Å². The molecule has 3 heteroatoms. The predicted molar refractivity (Wildman–Crippen MR) is 39.9 cm³/mol. The molecule has 3 nitrogen and oxygen atoms in total. The molecular formula is C8H7O3+. The molecule has 0 atom stereocenters. The molecule has 0 heterocycles. The van der Waals surface area contributed by atoms with Crippen molar-refractivity contribution in [3.05, 3.63) is 23.8 Å². The quantitative estimate of drug-likeness (QED) is 0.305. The zero-order chi connectivity index (χ0) is 8.43. The molecule has 0 aliphatic heterocycles. The Hall–Kier alpha value is -1.51. The van der Waals surface area contributed by atoms with Crippen LogP contribution in [0, 0.1) is 0 Å². The molecule has 1 aliphatic carbocycles. The van der Waals surface area contributed by atoms with Crippen molar-refractivity contribution >= 4 is 17.3 Å². The van der Waals surface area contributed by atoms with Crippen molar-refractivity contribution in [3.8, 4) is 0 Å². The van der Waals surface area contributed by atoms with E-state index >= 15 is 0 Å². The van der Waals surface area contributed by atoms with Crippen molar-refractivity contribution in [2.45, 2.75) is 6.92 Å². The summed E-state index contributed by atoms with van der Waals surface area (Å²) in [7, 11) is 0. The topological polar surface area (TPSA) is 55.5 Å². The molecule has 0 bridgehead atoms. The Kier molecular flexibility index (Phi) is 1.81. The van der Waals surface area contributed by atoms with Crippen molar-refractivity contribution in [1.82, 2.24) is 0 Å². The van der Waals surface area contributed by atoms with Crippen LogP contribution >= 0.6 is 0 Å². The van der Waals surface area contributed by atoms with Gasteiger partial charge in [0.15, 0.2) is 5.78 Å². The van der Waals surface area contributed by atoms with Crippen LogP contribution in [-0.2, 0) is 9.59 Å². The Balaban J connectivity index is 2.98. The van der Waals surface area contributed by atoms with Crippen molar-refractivity contribution in [2.75, 3.05) is 0 Å². The van der Waals surface area contributed by atoms with E-state index < -0.39 is 5.78 Å². The van der Waals surface area contributed by atoms with Gasteiger partial charge in [-0.15, -0.1) is 0 Å². The average Bonchev–Trinajstić information content (AvgIpc) is 1.94. The standard InChI is InChI=1S/C8H6O3/c1-5(9)6-2-3-7(10)8(11)4-6/h2-4H,1H3/p+1. The van der Waals surface area contributed by atoms with E-state index in [1.54, 1.807) is 0 Å². The lowest BCUT2D eigenvalue weighted by Gasteiger charge is -1.96. The van der Waals surface area contributed by atoms with E-state index in [1.165, 1.54) is 19.1 Å². The molecule has 0 aromatic carbocycles. The lowest BCUT2D eigenvalue weighted by atomic mass is 10.0. The van der Waals surface area contributed by atoms with Crippen molar-refractivity contribution in [2.24, 2.45) is 0 Å². The molecule has 56 valence electrons. The predicted octanol–water partition coefficient (Wildman–Crippen LogP) is 0.186. The maximum Gasteiger partial charge on any atom is 0.386 e. The monoisotopic (exact) mass is 151 g/mol. The fraction of sp³-hybridized carbons (Fsp3) is 0.125. The van der Waals surface area contributed by atoms with Gasteiger partial charge in [0.2, 0.25) is 0 Å². The summed E-state index contributed by atoms with van der Waals surface area (Å²) in [4.78, 5) is 30.2. The first kappa shape index (κ1) is 7.60. The Labute approximate surface area is 63.4 Å². The van der Waals surface area contributed by atoms with E-state index in [0.717, 1.165) is 6.08 Å². The van der Waals surface area contributed by atoms with Gasteiger partial charge >= 0.3 is 5.78 Å². The van der Waals surface area contributed by atoms with Crippen LogP contribution in [-0.4, -0.2) is 22.1 Å². The van der Waals surface area contributed by atoms with Crippen LogP contribution in [0.15, 0.2) is 23.8 Å². The number of Topliss-reactive ketones (excluding diaryl/α,β-unsaturated/α-hetero) is 1. The van der Waals surface area contributed by atoms with Gasteiger partial charge in [-0.05, 0) is 13.0 Å². The summed E-state index contributed by atoms with van der Waals surface area (Å²) in [6.07, 6.45) is 3.76. The highest BCUT2D eigenvalue weighted by Gasteiger charge is 2.20. The number of hydrogen-bond acceptors (Lipinski definition) is 2. The summed E-state index contributed by atoms with van der Waals surface area (Å²) in [5, 5.41) is 0. The van der Waals surface area contributed by atoms with Crippen LogP contribution in [0.25, 0.3) is 0 Å². The fourth-order valence-electron chi connectivity index (χ4n) is 0.733. The first-order valence-electron chi connectivity index (χ1n) is 3.12. The van der Waals surface area contributed by atoms with Crippen LogP contribution in [0.2, 0.25) is 0 Å². The van der Waals surface area contributed by atoms with Gasteiger partial charge in [0.25, 0.3) is 5.78 Å². The molecule has 0 saturated heterocycles. The second kappa shape index (κ2) is 2.62. The molecule has 0 radical (unpaired) electrons. The van der Waals surface area contributed by atoms with Crippen LogP contribution in [0.3, 0.4) is 0 Å².